The van der Waals surface area contributed by atoms with Crippen LogP contribution >= 0.6 is 24.8 Å². The Morgan fingerprint density at radius 3 is 2.58 bits per heavy atom. The van der Waals surface area contributed by atoms with Crippen LogP contribution in [0, 0.1) is 6.92 Å². The fourth-order valence-corrected chi connectivity index (χ4v) is 1.63. The third-order valence-corrected chi connectivity index (χ3v) is 2.54. The number of nitrogens with zero attached hydrogens (tertiary/aromatic N) is 1. The van der Waals surface area contributed by atoms with Crippen molar-refractivity contribution in [3.05, 3.63) is 24.0 Å². The zero-order valence-corrected chi connectivity index (χ0v) is 12.9. The van der Waals surface area contributed by atoms with E-state index < -0.39 is 0 Å². The van der Waals surface area contributed by atoms with Crippen molar-refractivity contribution in [3.8, 4) is 0 Å². The van der Waals surface area contributed by atoms with Crippen molar-refractivity contribution in [2.75, 3.05) is 11.9 Å². The number of pyridine rings is 1. The molecular formula is C13H23Cl2N3O. The van der Waals surface area contributed by atoms with Gasteiger partial charge in [0, 0.05) is 24.0 Å². The molecule has 0 fully saturated rings. The maximum Gasteiger partial charge on any atom is 0.224 e. The van der Waals surface area contributed by atoms with Crippen molar-refractivity contribution in [1.29, 1.82) is 0 Å². The van der Waals surface area contributed by atoms with Gasteiger partial charge < -0.3 is 11.1 Å². The Bertz CT molecular complexity index is 361. The summed E-state index contributed by atoms with van der Waals surface area (Å²) in [6, 6.07) is 3.67. The van der Waals surface area contributed by atoms with Crippen LogP contribution in [0.25, 0.3) is 0 Å². The van der Waals surface area contributed by atoms with E-state index >= 15 is 0 Å². The van der Waals surface area contributed by atoms with E-state index in [0.29, 0.717) is 6.42 Å². The standard InChI is InChI=1S/C13H21N3O.2ClH/c1-11-10-12(7-9-15-11)16-13(17)6-4-2-3-5-8-14;;/h7,9-10H,2-6,8,14H2,1H3,(H,15,16,17);2*1H. The van der Waals surface area contributed by atoms with Gasteiger partial charge in [0.15, 0.2) is 0 Å². The average Bonchev–Trinajstić information content (AvgIpc) is 2.29. The third kappa shape index (κ3) is 9.70. The number of carbonyl (C=O) groups excluding carboxylic acids is 1. The van der Waals surface area contributed by atoms with Gasteiger partial charge in [-0.1, -0.05) is 12.8 Å². The number of amides is 1. The van der Waals surface area contributed by atoms with E-state index in [4.69, 9.17) is 5.73 Å². The van der Waals surface area contributed by atoms with E-state index in [1.54, 1.807) is 12.3 Å². The lowest BCUT2D eigenvalue weighted by atomic mass is 10.1. The summed E-state index contributed by atoms with van der Waals surface area (Å²) in [7, 11) is 0. The maximum atomic E-state index is 11.6. The molecule has 0 radical (unpaired) electrons. The lowest BCUT2D eigenvalue weighted by molar-refractivity contribution is -0.116. The van der Waals surface area contributed by atoms with Crippen molar-refractivity contribution in [1.82, 2.24) is 4.98 Å². The first-order chi connectivity index (χ1) is 8.22. The van der Waals surface area contributed by atoms with E-state index in [-0.39, 0.29) is 30.7 Å². The van der Waals surface area contributed by atoms with Crippen LogP contribution < -0.4 is 11.1 Å². The second kappa shape index (κ2) is 12.2. The Balaban J connectivity index is 0. The molecule has 0 atom stereocenters. The number of hydrogen-bond acceptors (Lipinski definition) is 3. The van der Waals surface area contributed by atoms with Crippen LogP contribution in [0.3, 0.4) is 0 Å². The SMILES string of the molecule is Cc1cc(NC(=O)CCCCCCN)ccn1.Cl.Cl. The van der Waals surface area contributed by atoms with Crippen molar-refractivity contribution >= 4 is 36.4 Å². The van der Waals surface area contributed by atoms with Crippen LogP contribution in [-0.4, -0.2) is 17.4 Å². The second-order valence-electron chi connectivity index (χ2n) is 4.19. The highest BCUT2D eigenvalue weighted by atomic mass is 35.5. The lowest BCUT2D eigenvalue weighted by Crippen LogP contribution is -2.11. The van der Waals surface area contributed by atoms with E-state index in [2.05, 4.69) is 10.3 Å². The van der Waals surface area contributed by atoms with Gasteiger partial charge in [0.1, 0.15) is 0 Å². The van der Waals surface area contributed by atoms with Gasteiger partial charge in [0.25, 0.3) is 0 Å². The van der Waals surface area contributed by atoms with Crippen molar-refractivity contribution in [3.63, 3.8) is 0 Å². The molecule has 1 amide bonds. The summed E-state index contributed by atoms with van der Waals surface area (Å²) in [5.74, 6) is 0.0725. The van der Waals surface area contributed by atoms with Crippen LogP contribution in [0.1, 0.15) is 37.8 Å². The predicted molar refractivity (Wildman–Crippen MR) is 84.2 cm³/mol. The van der Waals surface area contributed by atoms with E-state index in [0.717, 1.165) is 43.6 Å². The molecule has 4 nitrogen and oxygen atoms in total. The van der Waals surface area contributed by atoms with Crippen LogP contribution in [0.2, 0.25) is 0 Å². The van der Waals surface area contributed by atoms with Crippen LogP contribution in [0.15, 0.2) is 18.3 Å². The molecule has 0 aliphatic heterocycles. The number of aromatic nitrogens is 1. The molecule has 1 rings (SSSR count). The average molecular weight is 308 g/mol. The molecule has 0 saturated heterocycles. The number of hydrogen-bond donors (Lipinski definition) is 2. The molecule has 0 aliphatic carbocycles. The minimum atomic E-state index is 0. The summed E-state index contributed by atoms with van der Waals surface area (Å²) in [5.41, 5.74) is 7.13. The molecule has 0 aromatic carbocycles. The van der Waals surface area contributed by atoms with Gasteiger partial charge in [0.05, 0.1) is 0 Å². The number of halogens is 2. The van der Waals surface area contributed by atoms with Gasteiger partial charge in [-0.25, -0.2) is 0 Å². The smallest absolute Gasteiger partial charge is 0.224 e. The first-order valence-electron chi connectivity index (χ1n) is 6.15. The molecule has 0 saturated carbocycles. The summed E-state index contributed by atoms with van der Waals surface area (Å²) in [5, 5.41) is 2.87. The predicted octanol–water partition coefficient (Wildman–Crippen LogP) is 3.08. The van der Waals surface area contributed by atoms with Crippen LogP contribution in [0.5, 0.6) is 0 Å². The van der Waals surface area contributed by atoms with Gasteiger partial charge in [0.2, 0.25) is 5.91 Å². The summed E-state index contributed by atoms with van der Waals surface area (Å²) >= 11 is 0. The molecule has 3 N–H and O–H groups in total. The van der Waals surface area contributed by atoms with Crippen LogP contribution in [0.4, 0.5) is 5.69 Å². The van der Waals surface area contributed by atoms with E-state index in [9.17, 15) is 4.79 Å². The number of nitrogens with two attached hydrogens (primary N) is 1. The number of rotatable bonds is 7. The Morgan fingerprint density at radius 2 is 1.95 bits per heavy atom. The zero-order chi connectivity index (χ0) is 12.5. The van der Waals surface area contributed by atoms with Gasteiger partial charge in [-0.2, -0.15) is 0 Å². The number of aryl methyl sites for hydroxylation is 1. The fraction of sp³-hybridized carbons (Fsp3) is 0.538. The normalized spacial score (nSPS) is 9.16. The minimum Gasteiger partial charge on any atom is -0.330 e. The highest BCUT2D eigenvalue weighted by Gasteiger charge is 2.02. The monoisotopic (exact) mass is 307 g/mol. The van der Waals surface area contributed by atoms with E-state index in [1.807, 2.05) is 13.0 Å². The van der Waals surface area contributed by atoms with Gasteiger partial charge in [-0.3, -0.25) is 9.78 Å². The first kappa shape index (κ1) is 20.5. The number of unbranched alkanes of at least 4 members (excludes halogenated alkanes) is 3. The highest BCUT2D eigenvalue weighted by molar-refractivity contribution is 5.90. The number of anilines is 1. The van der Waals surface area contributed by atoms with Gasteiger partial charge in [-0.05, 0) is 38.4 Å². The lowest BCUT2D eigenvalue weighted by Gasteiger charge is -2.05. The Morgan fingerprint density at radius 1 is 1.26 bits per heavy atom. The molecular weight excluding hydrogens is 285 g/mol. The molecule has 0 aliphatic rings. The highest BCUT2D eigenvalue weighted by Crippen LogP contribution is 2.09. The maximum absolute atomic E-state index is 11.6. The molecule has 6 heteroatoms. The minimum absolute atomic E-state index is 0. The molecule has 0 bridgehead atoms. The molecule has 0 unspecified atom stereocenters. The molecule has 1 heterocycles. The Labute approximate surface area is 127 Å². The topological polar surface area (TPSA) is 68.0 Å². The largest absolute Gasteiger partial charge is 0.330 e. The Kier molecular flexibility index (Phi) is 13.2. The first-order valence-corrected chi connectivity index (χ1v) is 6.15. The fourth-order valence-electron chi connectivity index (χ4n) is 1.63. The van der Waals surface area contributed by atoms with Gasteiger partial charge >= 0.3 is 0 Å². The molecule has 19 heavy (non-hydrogen) atoms. The summed E-state index contributed by atoms with van der Waals surface area (Å²) < 4.78 is 0. The van der Waals surface area contributed by atoms with Crippen molar-refractivity contribution in [2.45, 2.75) is 39.0 Å². The summed E-state index contributed by atoms with van der Waals surface area (Å²) in [6.45, 7) is 2.64. The van der Waals surface area contributed by atoms with Crippen molar-refractivity contribution < 1.29 is 4.79 Å². The molecule has 1 aromatic rings. The number of nitrogens with one attached hydrogen (secondary N) is 1. The molecule has 0 spiro atoms. The molecule has 1 aromatic heterocycles. The van der Waals surface area contributed by atoms with Crippen LogP contribution in [-0.2, 0) is 4.79 Å². The third-order valence-electron chi connectivity index (χ3n) is 2.54. The van der Waals surface area contributed by atoms with Crippen molar-refractivity contribution in [2.24, 2.45) is 5.73 Å². The van der Waals surface area contributed by atoms with E-state index in [1.165, 1.54) is 0 Å². The molecule has 110 valence electrons. The summed E-state index contributed by atoms with van der Waals surface area (Å²) in [6.07, 6.45) is 6.43. The second-order valence-corrected chi connectivity index (χ2v) is 4.19. The zero-order valence-electron chi connectivity index (χ0n) is 11.2. The Hall–Kier alpha value is -0.840. The van der Waals surface area contributed by atoms with Gasteiger partial charge in [-0.15, -0.1) is 24.8 Å². The number of carbonyl (C=O) groups is 1. The quantitative estimate of drug-likeness (QED) is 0.761. The summed E-state index contributed by atoms with van der Waals surface area (Å²) in [4.78, 5) is 15.7.